The molecule has 1 saturated heterocycles. The zero-order chi connectivity index (χ0) is 24.0. The second-order valence-electron chi connectivity index (χ2n) is 10.3. The van der Waals surface area contributed by atoms with Crippen molar-refractivity contribution in [2.24, 2.45) is 23.5 Å². The van der Waals surface area contributed by atoms with Crippen LogP contribution in [0.15, 0.2) is 0 Å². The van der Waals surface area contributed by atoms with Gasteiger partial charge in [-0.3, -0.25) is 15.0 Å². The summed E-state index contributed by atoms with van der Waals surface area (Å²) in [7, 11) is -3.61. The third-order valence-corrected chi connectivity index (χ3v) is 8.28. The summed E-state index contributed by atoms with van der Waals surface area (Å²) in [5, 5.41) is 10.9. The molecule has 2 saturated carbocycles. The van der Waals surface area contributed by atoms with E-state index in [4.69, 9.17) is 11.1 Å². The number of amides is 2. The Kier molecular flexibility index (Phi) is 9.15. The molecule has 0 unspecified atom stereocenters. The Morgan fingerprint density at radius 3 is 2.15 bits per heavy atom. The highest BCUT2D eigenvalue weighted by molar-refractivity contribution is 7.88. The van der Waals surface area contributed by atoms with E-state index in [-0.39, 0.29) is 30.1 Å². The van der Waals surface area contributed by atoms with Gasteiger partial charge < -0.3 is 16.0 Å². The highest BCUT2D eigenvalue weighted by Gasteiger charge is 2.43. The summed E-state index contributed by atoms with van der Waals surface area (Å²) in [4.78, 5) is 28.2. The van der Waals surface area contributed by atoms with Gasteiger partial charge in [-0.25, -0.2) is 13.1 Å². The summed E-state index contributed by atoms with van der Waals surface area (Å²) in [5.74, 6) is -0.307. The third-order valence-electron chi connectivity index (χ3n) is 7.56. The van der Waals surface area contributed by atoms with Crippen molar-refractivity contribution < 1.29 is 18.0 Å². The monoisotopic (exact) mass is 483 g/mol. The standard InChI is InChI=1S/C23H41N5O4S/c1-33(31,32)27-19(12-16-8-4-2-5-9-16)23(30)28-15-18(21(24)25)13-20(28)22(29)26-14-17-10-6-3-7-11-17/h16-20,27H,2-15H2,1H3,(H3,24,25)(H,26,29)/t18-,19-,20+/m1/s1. The molecule has 2 amide bonds. The van der Waals surface area contributed by atoms with E-state index in [2.05, 4.69) is 10.0 Å². The van der Waals surface area contributed by atoms with Gasteiger partial charge in [0.15, 0.2) is 0 Å². The van der Waals surface area contributed by atoms with Crippen LogP contribution in [-0.2, 0) is 19.6 Å². The van der Waals surface area contributed by atoms with Crippen LogP contribution in [0.3, 0.4) is 0 Å². The summed E-state index contributed by atoms with van der Waals surface area (Å²) in [5.41, 5.74) is 5.74. The summed E-state index contributed by atoms with van der Waals surface area (Å²) in [6.07, 6.45) is 12.9. The number of likely N-dealkylation sites (tertiary alicyclic amines) is 1. The molecule has 9 nitrogen and oxygen atoms in total. The minimum atomic E-state index is -3.61. The van der Waals surface area contributed by atoms with Gasteiger partial charge in [0, 0.05) is 19.0 Å². The van der Waals surface area contributed by atoms with E-state index in [0.29, 0.717) is 25.3 Å². The van der Waals surface area contributed by atoms with Crippen molar-refractivity contribution in [3.8, 4) is 0 Å². The van der Waals surface area contributed by atoms with Gasteiger partial charge in [-0.1, -0.05) is 51.4 Å². The molecule has 188 valence electrons. The fraction of sp³-hybridized carbons (Fsp3) is 0.870. The van der Waals surface area contributed by atoms with Crippen molar-refractivity contribution >= 4 is 27.7 Å². The Hall–Kier alpha value is -1.68. The largest absolute Gasteiger partial charge is 0.387 e. The maximum absolute atomic E-state index is 13.6. The number of nitrogens with one attached hydrogen (secondary N) is 3. The molecule has 0 bridgehead atoms. The van der Waals surface area contributed by atoms with Crippen molar-refractivity contribution in [2.75, 3.05) is 19.3 Å². The fourth-order valence-corrected chi connectivity index (χ4v) is 6.44. The van der Waals surface area contributed by atoms with Crippen LogP contribution in [0.5, 0.6) is 0 Å². The molecule has 5 N–H and O–H groups in total. The number of hydrogen-bond acceptors (Lipinski definition) is 5. The fourth-order valence-electron chi connectivity index (χ4n) is 5.72. The maximum Gasteiger partial charge on any atom is 0.242 e. The molecule has 1 aliphatic heterocycles. The van der Waals surface area contributed by atoms with Crippen LogP contribution in [0.25, 0.3) is 0 Å². The van der Waals surface area contributed by atoms with Crippen LogP contribution in [0.4, 0.5) is 0 Å². The Morgan fingerprint density at radius 1 is 1.03 bits per heavy atom. The van der Waals surface area contributed by atoms with Gasteiger partial charge >= 0.3 is 0 Å². The van der Waals surface area contributed by atoms with Gasteiger partial charge in [0.05, 0.1) is 12.1 Å². The molecule has 3 atom stereocenters. The predicted octanol–water partition coefficient (Wildman–Crippen LogP) is 1.72. The zero-order valence-electron chi connectivity index (χ0n) is 19.9. The van der Waals surface area contributed by atoms with E-state index >= 15 is 0 Å². The Bertz CT molecular complexity index is 806. The van der Waals surface area contributed by atoms with Crippen LogP contribution < -0.4 is 15.8 Å². The van der Waals surface area contributed by atoms with E-state index in [0.717, 1.165) is 44.8 Å². The van der Waals surface area contributed by atoms with E-state index < -0.39 is 28.0 Å². The van der Waals surface area contributed by atoms with Crippen LogP contribution in [0, 0.1) is 23.2 Å². The van der Waals surface area contributed by atoms with Crippen molar-refractivity contribution in [2.45, 2.75) is 89.1 Å². The average molecular weight is 484 g/mol. The highest BCUT2D eigenvalue weighted by Crippen LogP contribution is 2.30. The van der Waals surface area contributed by atoms with Gasteiger partial charge in [0.2, 0.25) is 21.8 Å². The number of hydrogen-bond donors (Lipinski definition) is 4. The number of amidine groups is 1. The number of rotatable bonds is 9. The second-order valence-corrected chi connectivity index (χ2v) is 12.1. The molecule has 0 radical (unpaired) electrons. The SMILES string of the molecule is CS(=O)(=O)N[C@H](CC1CCCCC1)C(=O)N1C[C@H](C(=N)N)C[C@H]1C(=O)NCC1CCCCC1. The lowest BCUT2D eigenvalue weighted by Crippen LogP contribution is -2.54. The van der Waals surface area contributed by atoms with Gasteiger partial charge in [-0.05, 0) is 37.5 Å². The molecule has 3 fully saturated rings. The predicted molar refractivity (Wildman–Crippen MR) is 128 cm³/mol. The lowest BCUT2D eigenvalue weighted by Gasteiger charge is -2.31. The lowest BCUT2D eigenvalue weighted by atomic mass is 9.84. The number of carbonyl (C=O) groups is 2. The molecule has 0 spiro atoms. The number of nitrogens with two attached hydrogens (primary N) is 1. The van der Waals surface area contributed by atoms with Crippen molar-refractivity contribution in [1.29, 1.82) is 5.41 Å². The summed E-state index contributed by atoms with van der Waals surface area (Å²) < 4.78 is 26.6. The van der Waals surface area contributed by atoms with Crippen molar-refractivity contribution in [1.82, 2.24) is 14.9 Å². The minimum absolute atomic E-state index is 0.0460. The summed E-state index contributed by atoms with van der Waals surface area (Å²) in [6.45, 7) is 0.761. The number of sulfonamides is 1. The average Bonchev–Trinajstić information content (AvgIpc) is 3.23. The molecule has 2 aliphatic carbocycles. The second kappa shape index (κ2) is 11.6. The first-order chi connectivity index (χ1) is 15.6. The van der Waals surface area contributed by atoms with Gasteiger partial charge in [0.25, 0.3) is 0 Å². The Balaban J connectivity index is 1.72. The highest BCUT2D eigenvalue weighted by atomic mass is 32.2. The minimum Gasteiger partial charge on any atom is -0.387 e. The van der Waals surface area contributed by atoms with Crippen LogP contribution in [0.1, 0.15) is 77.0 Å². The van der Waals surface area contributed by atoms with Gasteiger partial charge in [0.1, 0.15) is 12.1 Å². The first kappa shape index (κ1) is 25.9. The van der Waals surface area contributed by atoms with Crippen LogP contribution in [0.2, 0.25) is 0 Å². The van der Waals surface area contributed by atoms with Gasteiger partial charge in [-0.15, -0.1) is 0 Å². The zero-order valence-corrected chi connectivity index (χ0v) is 20.7. The summed E-state index contributed by atoms with van der Waals surface area (Å²) >= 11 is 0. The van der Waals surface area contributed by atoms with E-state index in [9.17, 15) is 18.0 Å². The van der Waals surface area contributed by atoms with E-state index in [1.165, 1.54) is 30.6 Å². The summed E-state index contributed by atoms with van der Waals surface area (Å²) in [6, 6.07) is -1.63. The lowest BCUT2D eigenvalue weighted by molar-refractivity contribution is -0.140. The number of carbonyl (C=O) groups excluding carboxylic acids is 2. The topological polar surface area (TPSA) is 145 Å². The molecule has 0 aromatic rings. The van der Waals surface area contributed by atoms with Crippen LogP contribution >= 0.6 is 0 Å². The van der Waals surface area contributed by atoms with Crippen molar-refractivity contribution in [3.05, 3.63) is 0 Å². The molecule has 0 aromatic heterocycles. The normalized spacial score (nSPS) is 26.2. The third kappa shape index (κ3) is 7.67. The van der Waals surface area contributed by atoms with Gasteiger partial charge in [-0.2, -0.15) is 0 Å². The number of nitrogens with zero attached hydrogens (tertiary/aromatic N) is 1. The van der Waals surface area contributed by atoms with Crippen LogP contribution in [-0.4, -0.2) is 62.4 Å². The molecular weight excluding hydrogens is 442 g/mol. The molecule has 1 heterocycles. The van der Waals surface area contributed by atoms with Crippen molar-refractivity contribution in [3.63, 3.8) is 0 Å². The first-order valence-corrected chi connectivity index (χ1v) is 14.4. The quantitative estimate of drug-likeness (QED) is 0.291. The molecule has 0 aromatic carbocycles. The first-order valence-electron chi connectivity index (χ1n) is 12.5. The Labute approximate surface area is 198 Å². The molecule has 33 heavy (non-hydrogen) atoms. The Morgan fingerprint density at radius 2 is 1.61 bits per heavy atom. The van der Waals surface area contributed by atoms with E-state index in [1.54, 1.807) is 0 Å². The molecular formula is C23H41N5O4S. The maximum atomic E-state index is 13.6. The molecule has 3 rings (SSSR count). The molecule has 10 heteroatoms. The van der Waals surface area contributed by atoms with E-state index in [1.807, 2.05) is 0 Å². The smallest absolute Gasteiger partial charge is 0.242 e. The molecule has 3 aliphatic rings.